The van der Waals surface area contributed by atoms with Gasteiger partial charge in [0.25, 0.3) is 0 Å². The molecular weight excluding hydrogens is 284 g/mol. The predicted octanol–water partition coefficient (Wildman–Crippen LogP) is 4.09. The molecule has 3 rings (SSSR count). The minimum absolute atomic E-state index is 0.00285. The summed E-state index contributed by atoms with van der Waals surface area (Å²) in [6, 6.07) is 18.5. The fourth-order valence-corrected chi connectivity index (χ4v) is 3.16. The largest absolute Gasteiger partial charge is 0.337 e. The second kappa shape index (κ2) is 6.45. The van der Waals surface area contributed by atoms with Gasteiger partial charge in [0, 0.05) is 12.0 Å². The number of hydrogen-bond donors (Lipinski definition) is 2. The number of amides is 2. The quantitative estimate of drug-likeness (QED) is 0.858. The van der Waals surface area contributed by atoms with Crippen LogP contribution >= 0.6 is 0 Å². The smallest absolute Gasteiger partial charge is 0.315 e. The molecule has 2 aromatic rings. The van der Waals surface area contributed by atoms with Gasteiger partial charge in [0.1, 0.15) is 0 Å². The molecule has 2 N–H and O–H groups in total. The molecule has 120 valence electrons. The van der Waals surface area contributed by atoms with Crippen LogP contribution in [0.4, 0.5) is 4.79 Å². The molecule has 23 heavy (non-hydrogen) atoms. The number of rotatable bonds is 5. The maximum absolute atomic E-state index is 12.2. The standard InChI is InChI=1S/C20H24N2O/c1-15-8-6-7-11-18(15)16(2)22-19(23)21-14-20(12-13-20)17-9-4-3-5-10-17/h3-11,16H,12-14H2,1-2H3,(H2,21,22,23)/t16-/m0/s1. The van der Waals surface area contributed by atoms with Crippen LogP contribution in [-0.4, -0.2) is 12.6 Å². The Labute approximate surface area is 138 Å². The number of carbonyl (C=O) groups excluding carboxylic acids is 1. The number of aryl methyl sites for hydroxylation is 1. The Balaban J connectivity index is 1.55. The van der Waals surface area contributed by atoms with Crippen LogP contribution in [0.3, 0.4) is 0 Å². The first-order valence-corrected chi connectivity index (χ1v) is 8.26. The van der Waals surface area contributed by atoms with E-state index in [1.807, 2.05) is 25.1 Å². The monoisotopic (exact) mass is 308 g/mol. The Hall–Kier alpha value is -2.29. The van der Waals surface area contributed by atoms with Gasteiger partial charge in [0.05, 0.1) is 6.04 Å². The molecule has 1 fully saturated rings. The zero-order chi connectivity index (χ0) is 16.3. The van der Waals surface area contributed by atoms with E-state index in [-0.39, 0.29) is 17.5 Å². The Bertz CT molecular complexity index is 677. The van der Waals surface area contributed by atoms with Crippen LogP contribution in [0.15, 0.2) is 54.6 Å². The predicted molar refractivity (Wildman–Crippen MR) is 93.5 cm³/mol. The molecule has 0 aliphatic heterocycles. The van der Waals surface area contributed by atoms with Crippen molar-refractivity contribution in [1.82, 2.24) is 10.6 Å². The van der Waals surface area contributed by atoms with Gasteiger partial charge in [-0.2, -0.15) is 0 Å². The van der Waals surface area contributed by atoms with E-state index in [4.69, 9.17) is 0 Å². The van der Waals surface area contributed by atoms with Crippen molar-refractivity contribution in [1.29, 1.82) is 0 Å². The molecular formula is C20H24N2O. The fourth-order valence-electron chi connectivity index (χ4n) is 3.16. The van der Waals surface area contributed by atoms with Crippen molar-refractivity contribution in [2.24, 2.45) is 0 Å². The molecule has 1 aliphatic carbocycles. The third-order valence-corrected chi connectivity index (χ3v) is 4.83. The van der Waals surface area contributed by atoms with Crippen molar-refractivity contribution in [2.45, 2.75) is 38.1 Å². The number of carbonyl (C=O) groups is 1. The lowest BCUT2D eigenvalue weighted by Crippen LogP contribution is -2.41. The Morgan fingerprint density at radius 2 is 1.74 bits per heavy atom. The van der Waals surface area contributed by atoms with Crippen LogP contribution in [0, 0.1) is 6.92 Å². The van der Waals surface area contributed by atoms with Crippen LogP contribution in [0.25, 0.3) is 0 Å². The van der Waals surface area contributed by atoms with E-state index in [9.17, 15) is 4.79 Å². The lowest BCUT2D eigenvalue weighted by Gasteiger charge is -2.20. The van der Waals surface area contributed by atoms with Crippen LogP contribution in [0.5, 0.6) is 0 Å². The van der Waals surface area contributed by atoms with Crippen LogP contribution in [-0.2, 0) is 5.41 Å². The topological polar surface area (TPSA) is 41.1 Å². The first-order valence-electron chi connectivity index (χ1n) is 8.26. The summed E-state index contributed by atoms with van der Waals surface area (Å²) in [5, 5.41) is 6.09. The summed E-state index contributed by atoms with van der Waals surface area (Å²) >= 11 is 0. The minimum atomic E-state index is -0.0945. The van der Waals surface area contributed by atoms with Crippen molar-refractivity contribution in [3.05, 3.63) is 71.3 Å². The highest BCUT2D eigenvalue weighted by Gasteiger charge is 2.44. The average Bonchev–Trinajstić information content (AvgIpc) is 3.35. The first kappa shape index (κ1) is 15.6. The molecule has 2 aromatic carbocycles. The molecule has 0 heterocycles. The normalized spacial score (nSPS) is 16.4. The first-order chi connectivity index (χ1) is 11.1. The maximum atomic E-state index is 12.2. The minimum Gasteiger partial charge on any atom is -0.337 e. The molecule has 0 radical (unpaired) electrons. The average molecular weight is 308 g/mol. The molecule has 0 bridgehead atoms. The van der Waals surface area contributed by atoms with Crippen molar-refractivity contribution in [2.75, 3.05) is 6.54 Å². The zero-order valence-corrected chi connectivity index (χ0v) is 13.8. The maximum Gasteiger partial charge on any atom is 0.315 e. The third kappa shape index (κ3) is 3.55. The second-order valence-electron chi connectivity index (χ2n) is 6.55. The second-order valence-corrected chi connectivity index (χ2v) is 6.55. The van der Waals surface area contributed by atoms with Crippen LogP contribution in [0.2, 0.25) is 0 Å². The lowest BCUT2D eigenvalue weighted by molar-refractivity contribution is 0.237. The summed E-state index contributed by atoms with van der Waals surface area (Å²) in [5.41, 5.74) is 3.83. The van der Waals surface area contributed by atoms with Gasteiger partial charge in [-0.1, -0.05) is 54.6 Å². The lowest BCUT2D eigenvalue weighted by atomic mass is 9.96. The van der Waals surface area contributed by atoms with Crippen molar-refractivity contribution in [3.8, 4) is 0 Å². The molecule has 0 unspecified atom stereocenters. The van der Waals surface area contributed by atoms with E-state index in [1.54, 1.807) is 0 Å². The highest BCUT2D eigenvalue weighted by molar-refractivity contribution is 5.74. The van der Waals surface area contributed by atoms with Gasteiger partial charge >= 0.3 is 6.03 Å². The summed E-state index contributed by atoms with van der Waals surface area (Å²) in [4.78, 5) is 12.2. The van der Waals surface area contributed by atoms with Gasteiger partial charge in [-0.05, 0) is 43.4 Å². The van der Waals surface area contributed by atoms with Gasteiger partial charge < -0.3 is 10.6 Å². The highest BCUT2D eigenvalue weighted by atomic mass is 16.2. The van der Waals surface area contributed by atoms with E-state index in [1.165, 1.54) is 11.1 Å². The van der Waals surface area contributed by atoms with E-state index >= 15 is 0 Å². The molecule has 2 amide bonds. The Morgan fingerprint density at radius 3 is 2.39 bits per heavy atom. The highest BCUT2D eigenvalue weighted by Crippen LogP contribution is 2.47. The molecule has 3 nitrogen and oxygen atoms in total. The molecule has 0 saturated heterocycles. The van der Waals surface area contributed by atoms with Crippen LogP contribution in [0.1, 0.15) is 42.5 Å². The van der Waals surface area contributed by atoms with E-state index in [0.717, 1.165) is 18.4 Å². The molecule has 0 spiro atoms. The molecule has 1 atom stereocenters. The van der Waals surface area contributed by atoms with Gasteiger partial charge in [0.15, 0.2) is 0 Å². The third-order valence-electron chi connectivity index (χ3n) is 4.83. The van der Waals surface area contributed by atoms with Gasteiger partial charge in [-0.15, -0.1) is 0 Å². The number of nitrogens with one attached hydrogen (secondary N) is 2. The van der Waals surface area contributed by atoms with Crippen molar-refractivity contribution >= 4 is 6.03 Å². The van der Waals surface area contributed by atoms with E-state index < -0.39 is 0 Å². The Morgan fingerprint density at radius 1 is 1.09 bits per heavy atom. The number of urea groups is 1. The summed E-state index contributed by atoms with van der Waals surface area (Å²) in [7, 11) is 0. The molecule has 1 saturated carbocycles. The zero-order valence-electron chi connectivity index (χ0n) is 13.8. The number of hydrogen-bond acceptors (Lipinski definition) is 1. The van der Waals surface area contributed by atoms with Gasteiger partial charge in [-0.25, -0.2) is 4.79 Å². The van der Waals surface area contributed by atoms with Crippen LogP contribution < -0.4 is 10.6 Å². The molecule has 3 heteroatoms. The fraction of sp³-hybridized carbons (Fsp3) is 0.350. The van der Waals surface area contributed by atoms with Crippen molar-refractivity contribution in [3.63, 3.8) is 0 Å². The summed E-state index contributed by atoms with van der Waals surface area (Å²) in [6.45, 7) is 4.79. The Kier molecular flexibility index (Phi) is 4.37. The number of benzene rings is 2. The molecule has 0 aromatic heterocycles. The van der Waals surface area contributed by atoms with Crippen molar-refractivity contribution < 1.29 is 4.79 Å². The van der Waals surface area contributed by atoms with E-state index in [2.05, 4.69) is 54.0 Å². The summed E-state index contributed by atoms with van der Waals surface area (Å²) in [5.74, 6) is 0. The van der Waals surface area contributed by atoms with E-state index in [0.29, 0.717) is 6.54 Å². The molecule has 1 aliphatic rings. The summed E-state index contributed by atoms with van der Waals surface area (Å²) in [6.07, 6.45) is 2.29. The van der Waals surface area contributed by atoms with Gasteiger partial charge in [-0.3, -0.25) is 0 Å². The SMILES string of the molecule is Cc1ccccc1[C@H](C)NC(=O)NCC1(c2ccccc2)CC1. The van der Waals surface area contributed by atoms with Gasteiger partial charge in [0.2, 0.25) is 0 Å². The summed E-state index contributed by atoms with van der Waals surface area (Å²) < 4.78 is 0.